The Kier molecular flexibility index (Phi) is 5.52. The maximum atomic E-state index is 13.4. The second-order valence-corrected chi connectivity index (χ2v) is 4.81. The minimum atomic E-state index is -0.396. The van der Waals surface area contributed by atoms with Crippen molar-refractivity contribution in [2.75, 3.05) is 13.1 Å². The largest absolute Gasteiger partial charge is 0.482 e. The van der Waals surface area contributed by atoms with Gasteiger partial charge in [-0.2, -0.15) is 4.98 Å². The number of nitrogens with one attached hydrogen (secondary N) is 1. The van der Waals surface area contributed by atoms with Crippen LogP contribution in [0.2, 0.25) is 0 Å². The molecule has 3 rings (SSSR count). The molecule has 0 spiro atoms. The van der Waals surface area contributed by atoms with Crippen molar-refractivity contribution in [1.29, 1.82) is 0 Å². The SMILES string of the molecule is Cl.Fc1ccccc1OCc1noc(C2CCCNC2)n1. The molecule has 0 bridgehead atoms. The third kappa shape index (κ3) is 3.92. The molecule has 7 heteroatoms. The summed E-state index contributed by atoms with van der Waals surface area (Å²) in [6.45, 7) is 1.99. The summed E-state index contributed by atoms with van der Waals surface area (Å²) in [5.74, 6) is 1.13. The van der Waals surface area contributed by atoms with Crippen molar-refractivity contribution in [1.82, 2.24) is 15.5 Å². The van der Waals surface area contributed by atoms with E-state index in [0.717, 1.165) is 25.9 Å². The number of halogens is 2. The lowest BCUT2D eigenvalue weighted by atomic mass is 10.00. The number of hydrogen-bond donors (Lipinski definition) is 1. The number of ether oxygens (including phenoxy) is 1. The molecule has 0 amide bonds. The molecule has 1 aromatic carbocycles. The third-order valence-electron chi connectivity index (χ3n) is 3.32. The zero-order valence-electron chi connectivity index (χ0n) is 11.4. The summed E-state index contributed by atoms with van der Waals surface area (Å²) in [4.78, 5) is 4.31. The Morgan fingerprint density at radius 3 is 3.00 bits per heavy atom. The number of benzene rings is 1. The van der Waals surface area contributed by atoms with Gasteiger partial charge in [-0.25, -0.2) is 4.39 Å². The van der Waals surface area contributed by atoms with Gasteiger partial charge in [-0.1, -0.05) is 17.3 Å². The van der Waals surface area contributed by atoms with Crippen molar-refractivity contribution in [3.05, 3.63) is 41.8 Å². The van der Waals surface area contributed by atoms with E-state index in [2.05, 4.69) is 15.5 Å². The second-order valence-electron chi connectivity index (χ2n) is 4.81. The van der Waals surface area contributed by atoms with Crippen LogP contribution in [0, 0.1) is 5.82 Å². The zero-order chi connectivity index (χ0) is 13.8. The smallest absolute Gasteiger partial charge is 0.231 e. The average Bonchev–Trinajstić information content (AvgIpc) is 2.96. The number of aromatic nitrogens is 2. The molecule has 1 unspecified atom stereocenters. The summed E-state index contributed by atoms with van der Waals surface area (Å²) in [5, 5.41) is 7.17. The van der Waals surface area contributed by atoms with E-state index in [0.29, 0.717) is 11.7 Å². The molecule has 21 heavy (non-hydrogen) atoms. The maximum Gasteiger partial charge on any atom is 0.231 e. The molecule has 2 aromatic rings. The van der Waals surface area contributed by atoms with E-state index in [4.69, 9.17) is 9.26 Å². The Morgan fingerprint density at radius 1 is 1.38 bits per heavy atom. The minimum Gasteiger partial charge on any atom is -0.482 e. The Labute approximate surface area is 128 Å². The van der Waals surface area contributed by atoms with Gasteiger partial charge in [0.05, 0.1) is 5.92 Å². The van der Waals surface area contributed by atoms with E-state index < -0.39 is 5.82 Å². The number of piperidine rings is 1. The molecule has 5 nitrogen and oxygen atoms in total. The van der Waals surface area contributed by atoms with Crippen molar-refractivity contribution in [2.45, 2.75) is 25.4 Å². The Hall–Kier alpha value is -1.66. The zero-order valence-corrected chi connectivity index (χ0v) is 12.2. The first-order valence-corrected chi connectivity index (χ1v) is 6.73. The topological polar surface area (TPSA) is 60.2 Å². The van der Waals surface area contributed by atoms with Crippen LogP contribution in [0.1, 0.15) is 30.5 Å². The van der Waals surface area contributed by atoms with Crippen LogP contribution in [0.25, 0.3) is 0 Å². The van der Waals surface area contributed by atoms with E-state index in [-0.39, 0.29) is 30.7 Å². The molecular weight excluding hydrogens is 297 g/mol. The normalized spacial score (nSPS) is 18.0. The first-order valence-electron chi connectivity index (χ1n) is 6.73. The average molecular weight is 314 g/mol. The van der Waals surface area contributed by atoms with Gasteiger partial charge in [0, 0.05) is 6.54 Å². The minimum absolute atomic E-state index is 0. The number of nitrogens with zero attached hydrogens (tertiary/aromatic N) is 2. The van der Waals surface area contributed by atoms with Crippen LogP contribution in [0.5, 0.6) is 5.75 Å². The van der Waals surface area contributed by atoms with E-state index in [1.807, 2.05) is 0 Å². The summed E-state index contributed by atoms with van der Waals surface area (Å²) >= 11 is 0. The molecule has 1 N–H and O–H groups in total. The van der Waals surface area contributed by atoms with Crippen molar-refractivity contribution >= 4 is 12.4 Å². The fourth-order valence-electron chi connectivity index (χ4n) is 2.26. The van der Waals surface area contributed by atoms with Gasteiger partial charge in [0.25, 0.3) is 0 Å². The van der Waals surface area contributed by atoms with E-state index in [1.165, 1.54) is 6.07 Å². The van der Waals surface area contributed by atoms with Gasteiger partial charge in [-0.3, -0.25) is 0 Å². The molecule has 2 heterocycles. The molecule has 1 aromatic heterocycles. The first kappa shape index (κ1) is 15.7. The summed E-state index contributed by atoms with van der Waals surface area (Å²) < 4.78 is 24.0. The molecule has 1 fully saturated rings. The van der Waals surface area contributed by atoms with Gasteiger partial charge in [0.2, 0.25) is 11.7 Å². The molecule has 0 saturated carbocycles. The maximum absolute atomic E-state index is 13.4. The highest BCUT2D eigenvalue weighted by atomic mass is 35.5. The Morgan fingerprint density at radius 2 is 2.24 bits per heavy atom. The van der Waals surface area contributed by atoms with Crippen LogP contribution < -0.4 is 10.1 Å². The molecule has 0 aliphatic carbocycles. The predicted octanol–water partition coefficient (Wildman–Crippen LogP) is 2.68. The van der Waals surface area contributed by atoms with E-state index in [9.17, 15) is 4.39 Å². The van der Waals surface area contributed by atoms with Crippen molar-refractivity contribution in [3.8, 4) is 5.75 Å². The van der Waals surface area contributed by atoms with Crippen LogP contribution in [0.4, 0.5) is 4.39 Å². The van der Waals surface area contributed by atoms with E-state index in [1.54, 1.807) is 18.2 Å². The van der Waals surface area contributed by atoms with Crippen LogP contribution in [-0.4, -0.2) is 23.2 Å². The second kappa shape index (κ2) is 7.38. The quantitative estimate of drug-likeness (QED) is 0.940. The predicted molar refractivity (Wildman–Crippen MR) is 77.1 cm³/mol. The molecule has 1 saturated heterocycles. The van der Waals surface area contributed by atoms with Gasteiger partial charge in [0.1, 0.15) is 0 Å². The van der Waals surface area contributed by atoms with Crippen molar-refractivity contribution < 1.29 is 13.7 Å². The van der Waals surface area contributed by atoms with Gasteiger partial charge < -0.3 is 14.6 Å². The molecular formula is C14H17ClFN3O2. The summed E-state index contributed by atoms with van der Waals surface area (Å²) in [6.07, 6.45) is 2.15. The number of hydrogen-bond acceptors (Lipinski definition) is 5. The fraction of sp³-hybridized carbons (Fsp3) is 0.429. The summed E-state index contributed by atoms with van der Waals surface area (Å²) in [5.41, 5.74) is 0. The lowest BCUT2D eigenvalue weighted by Gasteiger charge is -2.18. The lowest BCUT2D eigenvalue weighted by molar-refractivity contribution is 0.270. The van der Waals surface area contributed by atoms with Crippen LogP contribution in [-0.2, 0) is 6.61 Å². The molecule has 1 aliphatic heterocycles. The highest BCUT2D eigenvalue weighted by Crippen LogP contribution is 2.22. The van der Waals surface area contributed by atoms with Crippen LogP contribution in [0.3, 0.4) is 0 Å². The van der Waals surface area contributed by atoms with Gasteiger partial charge in [0.15, 0.2) is 18.2 Å². The summed E-state index contributed by atoms with van der Waals surface area (Å²) in [6, 6.07) is 6.25. The van der Waals surface area contributed by atoms with Crippen LogP contribution in [0.15, 0.2) is 28.8 Å². The lowest BCUT2D eigenvalue weighted by Crippen LogP contribution is -2.28. The molecule has 1 aliphatic rings. The number of para-hydroxylation sites is 1. The fourth-order valence-corrected chi connectivity index (χ4v) is 2.26. The van der Waals surface area contributed by atoms with Crippen molar-refractivity contribution in [2.24, 2.45) is 0 Å². The molecule has 1 atom stereocenters. The first-order chi connectivity index (χ1) is 9.83. The summed E-state index contributed by atoms with van der Waals surface area (Å²) in [7, 11) is 0. The van der Waals surface area contributed by atoms with Gasteiger partial charge >= 0.3 is 0 Å². The highest BCUT2D eigenvalue weighted by molar-refractivity contribution is 5.85. The van der Waals surface area contributed by atoms with Gasteiger partial charge in [-0.05, 0) is 31.5 Å². The monoisotopic (exact) mass is 313 g/mol. The van der Waals surface area contributed by atoms with Crippen molar-refractivity contribution in [3.63, 3.8) is 0 Å². The van der Waals surface area contributed by atoms with Gasteiger partial charge in [-0.15, -0.1) is 12.4 Å². The Balaban J connectivity index is 0.00000161. The van der Waals surface area contributed by atoms with Crippen LogP contribution >= 0.6 is 12.4 Å². The number of rotatable bonds is 4. The molecule has 114 valence electrons. The third-order valence-corrected chi connectivity index (χ3v) is 3.32. The highest BCUT2D eigenvalue weighted by Gasteiger charge is 2.21. The van der Waals surface area contributed by atoms with E-state index >= 15 is 0 Å². The molecule has 0 radical (unpaired) electrons. The standard InChI is InChI=1S/C14H16FN3O2.ClH/c15-11-5-1-2-6-12(11)19-9-13-17-14(20-18-13)10-4-3-7-16-8-10;/h1-2,5-6,10,16H,3-4,7-9H2;1H. The Bertz CT molecular complexity index is 573.